The molecule has 0 fully saturated rings. The summed E-state index contributed by atoms with van der Waals surface area (Å²) in [6, 6.07) is 8.77. The number of methoxy groups -OCH3 is 1. The van der Waals surface area contributed by atoms with Crippen LogP contribution in [0, 0.1) is 6.92 Å². The molecule has 2 aromatic heterocycles. The Morgan fingerprint density at radius 3 is 2.81 bits per heavy atom. The highest BCUT2D eigenvalue weighted by Crippen LogP contribution is 2.29. The Morgan fingerprint density at radius 2 is 2.11 bits per heavy atom. The van der Waals surface area contributed by atoms with Gasteiger partial charge in [0.15, 0.2) is 18.1 Å². The van der Waals surface area contributed by atoms with Gasteiger partial charge in [-0.3, -0.25) is 9.59 Å². The molecule has 1 aromatic carbocycles. The SMILES string of the molecule is COc1cc(C=O)ccc1OCC(=O)NCc1ccc(-c2csc(C)n2)s1. The minimum atomic E-state index is -0.240. The predicted molar refractivity (Wildman–Crippen MR) is 106 cm³/mol. The van der Waals surface area contributed by atoms with E-state index in [1.165, 1.54) is 7.11 Å². The van der Waals surface area contributed by atoms with Gasteiger partial charge in [-0.1, -0.05) is 0 Å². The number of amides is 1. The van der Waals surface area contributed by atoms with Crippen molar-refractivity contribution in [3.8, 4) is 22.1 Å². The van der Waals surface area contributed by atoms with Crippen LogP contribution in [0.4, 0.5) is 0 Å². The van der Waals surface area contributed by atoms with Gasteiger partial charge in [0.2, 0.25) is 0 Å². The molecule has 0 saturated heterocycles. The monoisotopic (exact) mass is 402 g/mol. The van der Waals surface area contributed by atoms with Crippen LogP contribution in [0.15, 0.2) is 35.7 Å². The third-order valence-electron chi connectivity index (χ3n) is 3.68. The second kappa shape index (κ2) is 8.79. The van der Waals surface area contributed by atoms with Gasteiger partial charge in [0.25, 0.3) is 5.91 Å². The number of aromatic nitrogens is 1. The quantitative estimate of drug-likeness (QED) is 0.582. The number of benzene rings is 1. The lowest BCUT2D eigenvalue weighted by Crippen LogP contribution is -2.28. The van der Waals surface area contributed by atoms with E-state index in [2.05, 4.69) is 10.3 Å². The number of carbonyl (C=O) groups excluding carboxylic acids is 2. The average Bonchev–Trinajstić information content (AvgIpc) is 3.33. The summed E-state index contributed by atoms with van der Waals surface area (Å²) in [7, 11) is 1.48. The van der Waals surface area contributed by atoms with Crippen LogP contribution in [0.3, 0.4) is 0 Å². The zero-order valence-electron chi connectivity index (χ0n) is 14.9. The summed E-state index contributed by atoms with van der Waals surface area (Å²) >= 11 is 3.22. The van der Waals surface area contributed by atoms with Crippen LogP contribution in [0.5, 0.6) is 11.5 Å². The fourth-order valence-electron chi connectivity index (χ4n) is 2.34. The van der Waals surface area contributed by atoms with E-state index in [9.17, 15) is 9.59 Å². The Bertz CT molecular complexity index is 949. The molecule has 140 valence electrons. The fourth-order valence-corrected chi connectivity index (χ4v) is 3.94. The number of aldehydes is 1. The molecule has 0 atom stereocenters. The van der Waals surface area contributed by atoms with Crippen LogP contribution in [0.25, 0.3) is 10.6 Å². The maximum absolute atomic E-state index is 12.1. The summed E-state index contributed by atoms with van der Waals surface area (Å²) in [5, 5.41) is 5.89. The molecule has 0 radical (unpaired) electrons. The van der Waals surface area contributed by atoms with E-state index < -0.39 is 0 Å². The van der Waals surface area contributed by atoms with Gasteiger partial charge in [0, 0.05) is 15.8 Å². The first kappa shape index (κ1) is 19.1. The van der Waals surface area contributed by atoms with Crippen LogP contribution < -0.4 is 14.8 Å². The molecule has 0 spiro atoms. The maximum atomic E-state index is 12.1. The number of nitrogens with zero attached hydrogens (tertiary/aromatic N) is 1. The van der Waals surface area contributed by atoms with Crippen molar-refractivity contribution in [3.63, 3.8) is 0 Å². The van der Waals surface area contributed by atoms with E-state index in [1.54, 1.807) is 40.9 Å². The molecular formula is C19H18N2O4S2. The lowest BCUT2D eigenvalue weighted by atomic mass is 10.2. The van der Waals surface area contributed by atoms with Crippen LogP contribution >= 0.6 is 22.7 Å². The summed E-state index contributed by atoms with van der Waals surface area (Å²) in [5.41, 5.74) is 1.45. The molecule has 0 aliphatic carbocycles. The Balaban J connectivity index is 1.52. The normalized spacial score (nSPS) is 10.4. The van der Waals surface area contributed by atoms with E-state index in [1.807, 2.05) is 24.4 Å². The number of hydrogen-bond donors (Lipinski definition) is 1. The molecule has 8 heteroatoms. The number of nitrogens with one attached hydrogen (secondary N) is 1. The van der Waals surface area contributed by atoms with Gasteiger partial charge in [-0.05, 0) is 37.3 Å². The van der Waals surface area contributed by atoms with Gasteiger partial charge in [-0.15, -0.1) is 22.7 Å². The molecule has 3 aromatic rings. The number of thiazole rings is 1. The van der Waals surface area contributed by atoms with Crippen molar-refractivity contribution in [2.45, 2.75) is 13.5 Å². The molecule has 0 bridgehead atoms. The Morgan fingerprint density at radius 1 is 1.26 bits per heavy atom. The standard InChI is InChI=1S/C19H18N2O4S2/c1-12-21-15(11-26-12)18-6-4-14(27-18)8-20-19(23)10-25-16-5-3-13(9-22)7-17(16)24-2/h3-7,9,11H,8,10H2,1-2H3,(H,20,23). The summed E-state index contributed by atoms with van der Waals surface area (Å²) in [4.78, 5) is 29.4. The molecule has 0 unspecified atom stereocenters. The van der Waals surface area contributed by atoms with Gasteiger partial charge in [-0.2, -0.15) is 0 Å². The second-order valence-electron chi connectivity index (χ2n) is 5.61. The number of rotatable bonds is 8. The average molecular weight is 402 g/mol. The van der Waals surface area contributed by atoms with E-state index in [0.717, 1.165) is 26.7 Å². The Hall–Kier alpha value is -2.71. The molecule has 27 heavy (non-hydrogen) atoms. The largest absolute Gasteiger partial charge is 0.493 e. The van der Waals surface area contributed by atoms with Crippen molar-refractivity contribution >= 4 is 34.9 Å². The molecule has 2 heterocycles. The van der Waals surface area contributed by atoms with Crippen molar-refractivity contribution < 1.29 is 19.1 Å². The highest BCUT2D eigenvalue weighted by molar-refractivity contribution is 7.16. The van der Waals surface area contributed by atoms with Crippen molar-refractivity contribution in [2.24, 2.45) is 0 Å². The minimum absolute atomic E-state index is 0.139. The lowest BCUT2D eigenvalue weighted by Gasteiger charge is -2.11. The van der Waals surface area contributed by atoms with Crippen molar-refractivity contribution in [1.82, 2.24) is 10.3 Å². The van der Waals surface area contributed by atoms with Crippen LogP contribution in [0.2, 0.25) is 0 Å². The van der Waals surface area contributed by atoms with E-state index in [-0.39, 0.29) is 12.5 Å². The zero-order chi connectivity index (χ0) is 19.2. The van der Waals surface area contributed by atoms with Gasteiger partial charge < -0.3 is 14.8 Å². The second-order valence-corrected chi connectivity index (χ2v) is 7.84. The molecule has 0 saturated carbocycles. The first-order chi connectivity index (χ1) is 13.1. The maximum Gasteiger partial charge on any atom is 0.258 e. The van der Waals surface area contributed by atoms with Crippen molar-refractivity contribution in [2.75, 3.05) is 13.7 Å². The fraction of sp³-hybridized carbons (Fsp3) is 0.211. The highest BCUT2D eigenvalue weighted by atomic mass is 32.1. The van der Waals surface area contributed by atoms with E-state index >= 15 is 0 Å². The zero-order valence-corrected chi connectivity index (χ0v) is 16.5. The topological polar surface area (TPSA) is 77.5 Å². The molecular weight excluding hydrogens is 384 g/mol. The molecule has 1 N–H and O–H groups in total. The summed E-state index contributed by atoms with van der Waals surface area (Å²) in [5.74, 6) is 0.584. The Labute approximate surface area is 164 Å². The predicted octanol–water partition coefficient (Wildman–Crippen LogP) is 3.70. The molecule has 1 amide bonds. The van der Waals surface area contributed by atoms with Gasteiger partial charge in [0.1, 0.15) is 6.29 Å². The number of ether oxygens (including phenoxy) is 2. The van der Waals surface area contributed by atoms with Gasteiger partial charge >= 0.3 is 0 Å². The van der Waals surface area contributed by atoms with Crippen LogP contribution in [-0.2, 0) is 11.3 Å². The third-order valence-corrected chi connectivity index (χ3v) is 5.56. The first-order valence-corrected chi connectivity index (χ1v) is 9.82. The summed E-state index contributed by atoms with van der Waals surface area (Å²) < 4.78 is 10.7. The summed E-state index contributed by atoms with van der Waals surface area (Å²) in [6.07, 6.45) is 0.723. The number of thiophene rings is 1. The van der Waals surface area contributed by atoms with Gasteiger partial charge in [-0.25, -0.2) is 4.98 Å². The minimum Gasteiger partial charge on any atom is -0.493 e. The van der Waals surface area contributed by atoms with Crippen molar-refractivity contribution in [3.05, 3.63) is 51.2 Å². The first-order valence-electron chi connectivity index (χ1n) is 8.13. The molecule has 0 aliphatic rings. The number of carbonyl (C=O) groups is 2. The smallest absolute Gasteiger partial charge is 0.258 e. The molecule has 0 aliphatic heterocycles. The number of aryl methyl sites for hydroxylation is 1. The van der Waals surface area contributed by atoms with E-state index in [0.29, 0.717) is 23.6 Å². The Kier molecular flexibility index (Phi) is 6.20. The molecule has 3 rings (SSSR count). The summed E-state index contributed by atoms with van der Waals surface area (Å²) in [6.45, 7) is 2.27. The van der Waals surface area contributed by atoms with Crippen molar-refractivity contribution in [1.29, 1.82) is 0 Å². The lowest BCUT2D eigenvalue weighted by molar-refractivity contribution is -0.123. The van der Waals surface area contributed by atoms with E-state index in [4.69, 9.17) is 9.47 Å². The van der Waals surface area contributed by atoms with Crippen LogP contribution in [-0.4, -0.2) is 30.9 Å². The highest BCUT2D eigenvalue weighted by Gasteiger charge is 2.10. The molecule has 6 nitrogen and oxygen atoms in total. The van der Waals surface area contributed by atoms with Crippen LogP contribution in [0.1, 0.15) is 20.2 Å². The van der Waals surface area contributed by atoms with Gasteiger partial charge in [0.05, 0.1) is 29.2 Å². The third kappa shape index (κ3) is 4.93. The number of hydrogen-bond acceptors (Lipinski definition) is 7.